The largest absolute Gasteiger partial charge is 0.453 e. The van der Waals surface area contributed by atoms with Crippen LogP contribution in [-0.4, -0.2) is 25.2 Å². The van der Waals surface area contributed by atoms with Crippen molar-refractivity contribution in [3.8, 4) is 0 Å². The second-order valence-corrected chi connectivity index (χ2v) is 6.57. The Labute approximate surface area is 145 Å². The number of carbonyl (C=O) groups excluding carboxylic acids is 2. The molecule has 5 heteroatoms. The van der Waals surface area contributed by atoms with Gasteiger partial charge in [0.15, 0.2) is 0 Å². The predicted molar refractivity (Wildman–Crippen MR) is 95.9 cm³/mol. The summed E-state index contributed by atoms with van der Waals surface area (Å²) in [4.78, 5) is 23.2. The summed E-state index contributed by atoms with van der Waals surface area (Å²) >= 11 is 0. The number of benzene rings is 1. The molecular formula is C19H30N2O3. The Morgan fingerprint density at radius 3 is 2.04 bits per heavy atom. The molecule has 0 aliphatic heterocycles. The zero-order valence-corrected chi connectivity index (χ0v) is 15.6. The van der Waals surface area contributed by atoms with E-state index in [-0.39, 0.29) is 6.04 Å². The van der Waals surface area contributed by atoms with Crippen LogP contribution in [0.2, 0.25) is 0 Å². The highest BCUT2D eigenvalue weighted by molar-refractivity contribution is 5.94. The molecule has 0 saturated carbocycles. The van der Waals surface area contributed by atoms with Gasteiger partial charge in [0.05, 0.1) is 13.2 Å². The Hall–Kier alpha value is -1.88. The van der Waals surface area contributed by atoms with Gasteiger partial charge in [-0.1, -0.05) is 52.0 Å². The van der Waals surface area contributed by atoms with Crippen LogP contribution in [0.5, 0.6) is 0 Å². The minimum Gasteiger partial charge on any atom is -0.453 e. The molecule has 0 aliphatic rings. The first-order chi connectivity index (χ1) is 11.3. The zero-order valence-electron chi connectivity index (χ0n) is 15.6. The molecule has 0 fully saturated rings. The van der Waals surface area contributed by atoms with Gasteiger partial charge in [-0.3, -0.25) is 15.4 Å². The minimum absolute atomic E-state index is 0.0226. The van der Waals surface area contributed by atoms with Crippen LogP contribution in [0.4, 0.5) is 4.79 Å². The summed E-state index contributed by atoms with van der Waals surface area (Å²) < 4.78 is 4.46. The monoisotopic (exact) mass is 334 g/mol. The van der Waals surface area contributed by atoms with Crippen LogP contribution in [0.1, 0.15) is 64.1 Å². The molecule has 0 heterocycles. The Kier molecular flexibility index (Phi) is 7.92. The molecule has 0 spiro atoms. The summed E-state index contributed by atoms with van der Waals surface area (Å²) in [6, 6.07) is 8.05. The highest BCUT2D eigenvalue weighted by Crippen LogP contribution is 2.25. The molecule has 24 heavy (non-hydrogen) atoms. The molecule has 5 nitrogen and oxygen atoms in total. The van der Waals surface area contributed by atoms with Crippen molar-refractivity contribution < 1.29 is 14.3 Å². The number of rotatable bonds is 7. The molecular weight excluding hydrogens is 304 g/mol. The molecule has 3 atom stereocenters. The second kappa shape index (κ2) is 9.42. The van der Waals surface area contributed by atoms with E-state index in [1.807, 2.05) is 0 Å². The van der Waals surface area contributed by atoms with E-state index in [2.05, 4.69) is 67.3 Å². The molecule has 0 aromatic heterocycles. The first kappa shape index (κ1) is 20.2. The van der Waals surface area contributed by atoms with Crippen LogP contribution in [0.15, 0.2) is 24.3 Å². The average Bonchev–Trinajstić information content (AvgIpc) is 2.58. The van der Waals surface area contributed by atoms with E-state index in [0.29, 0.717) is 11.8 Å². The number of hydrogen-bond acceptors (Lipinski definition) is 4. The topological polar surface area (TPSA) is 67.4 Å². The summed E-state index contributed by atoms with van der Waals surface area (Å²) in [5.41, 5.74) is 2.45. The fraction of sp³-hybridized carbons (Fsp3) is 0.579. The van der Waals surface area contributed by atoms with Crippen LogP contribution in [0, 0.1) is 5.92 Å². The molecule has 0 saturated heterocycles. The van der Waals surface area contributed by atoms with E-state index in [1.165, 1.54) is 12.7 Å². The molecule has 1 rings (SSSR count). The molecule has 2 amide bonds. The van der Waals surface area contributed by atoms with Crippen LogP contribution in [0.25, 0.3) is 0 Å². The van der Waals surface area contributed by atoms with Gasteiger partial charge in [0.25, 0.3) is 0 Å². The molecule has 0 aliphatic carbocycles. The van der Waals surface area contributed by atoms with Gasteiger partial charge in [-0.05, 0) is 36.3 Å². The van der Waals surface area contributed by atoms with Crippen LogP contribution in [0.3, 0.4) is 0 Å². The zero-order chi connectivity index (χ0) is 18.3. The molecule has 0 bridgehead atoms. The van der Waals surface area contributed by atoms with Crippen LogP contribution < -0.4 is 10.6 Å². The first-order valence-corrected chi connectivity index (χ1v) is 8.54. The standard InChI is InChI=1S/C19H30N2O3/c1-7-13(4)15-8-10-16(11-9-15)17(12(2)3)20-14(5)18(22)21-19(23)24-6/h8-14,17,20H,7H2,1-6H3,(H,21,22,23)/t13-,14+,17-/m1/s1. The third-order valence-electron chi connectivity index (χ3n) is 4.38. The highest BCUT2D eigenvalue weighted by Gasteiger charge is 2.23. The number of alkyl carbamates (subject to hydrolysis) is 1. The first-order valence-electron chi connectivity index (χ1n) is 8.54. The summed E-state index contributed by atoms with van der Waals surface area (Å²) in [6.07, 6.45) is 0.364. The molecule has 0 unspecified atom stereocenters. The third-order valence-corrected chi connectivity index (χ3v) is 4.38. The number of hydrogen-bond donors (Lipinski definition) is 2. The third kappa shape index (κ3) is 5.64. The van der Waals surface area contributed by atoms with E-state index in [0.717, 1.165) is 12.0 Å². The number of imide groups is 1. The summed E-state index contributed by atoms with van der Waals surface area (Å²) in [5.74, 6) is 0.436. The fourth-order valence-electron chi connectivity index (χ4n) is 2.55. The predicted octanol–water partition coefficient (Wildman–Crippen LogP) is 3.76. The van der Waals surface area contributed by atoms with Gasteiger partial charge in [-0.15, -0.1) is 0 Å². The van der Waals surface area contributed by atoms with E-state index in [4.69, 9.17) is 0 Å². The van der Waals surface area contributed by atoms with Crippen molar-refractivity contribution in [2.45, 2.75) is 59.0 Å². The van der Waals surface area contributed by atoms with Gasteiger partial charge in [0.2, 0.25) is 5.91 Å². The number of nitrogens with one attached hydrogen (secondary N) is 2. The lowest BCUT2D eigenvalue weighted by atomic mass is 9.91. The number of methoxy groups -OCH3 is 1. The maximum Gasteiger partial charge on any atom is 0.413 e. The average molecular weight is 334 g/mol. The van der Waals surface area contributed by atoms with Crippen molar-refractivity contribution in [1.29, 1.82) is 0 Å². The van der Waals surface area contributed by atoms with Crippen molar-refractivity contribution in [3.05, 3.63) is 35.4 Å². The Morgan fingerprint density at radius 2 is 1.58 bits per heavy atom. The number of carbonyl (C=O) groups is 2. The second-order valence-electron chi connectivity index (χ2n) is 6.57. The van der Waals surface area contributed by atoms with Gasteiger partial charge >= 0.3 is 6.09 Å². The quantitative estimate of drug-likeness (QED) is 0.797. The van der Waals surface area contributed by atoms with E-state index in [1.54, 1.807) is 6.92 Å². The molecule has 1 aromatic rings. The van der Waals surface area contributed by atoms with Gasteiger partial charge in [-0.25, -0.2) is 4.79 Å². The van der Waals surface area contributed by atoms with Crippen LogP contribution >= 0.6 is 0 Å². The SMILES string of the molecule is CC[C@@H](C)c1ccc([C@H](N[C@@H](C)C(=O)NC(=O)OC)C(C)C)cc1. The lowest BCUT2D eigenvalue weighted by molar-refractivity contribution is -0.122. The summed E-state index contributed by atoms with van der Waals surface area (Å²) in [7, 11) is 1.23. The van der Waals surface area contributed by atoms with E-state index >= 15 is 0 Å². The fourth-order valence-corrected chi connectivity index (χ4v) is 2.55. The minimum atomic E-state index is -0.743. The normalized spacial score (nSPS) is 14.8. The Balaban J connectivity index is 2.83. The van der Waals surface area contributed by atoms with Gasteiger partial charge in [-0.2, -0.15) is 0 Å². The summed E-state index contributed by atoms with van der Waals surface area (Å²) in [5, 5.41) is 5.50. The van der Waals surface area contributed by atoms with Gasteiger partial charge < -0.3 is 4.74 Å². The van der Waals surface area contributed by atoms with Gasteiger partial charge in [0, 0.05) is 6.04 Å². The molecule has 1 aromatic carbocycles. The van der Waals surface area contributed by atoms with Crippen molar-refractivity contribution in [3.63, 3.8) is 0 Å². The van der Waals surface area contributed by atoms with Gasteiger partial charge in [0.1, 0.15) is 0 Å². The van der Waals surface area contributed by atoms with E-state index < -0.39 is 18.0 Å². The smallest absolute Gasteiger partial charge is 0.413 e. The number of amides is 2. The maximum atomic E-state index is 12.0. The lowest BCUT2D eigenvalue weighted by Crippen LogP contribution is -2.46. The Bertz CT molecular complexity index is 540. The van der Waals surface area contributed by atoms with Crippen molar-refractivity contribution in [2.24, 2.45) is 5.92 Å². The highest BCUT2D eigenvalue weighted by atomic mass is 16.5. The van der Waals surface area contributed by atoms with E-state index in [9.17, 15) is 9.59 Å². The number of ether oxygens (including phenoxy) is 1. The Morgan fingerprint density at radius 1 is 1.04 bits per heavy atom. The molecule has 0 radical (unpaired) electrons. The van der Waals surface area contributed by atoms with Crippen LogP contribution in [-0.2, 0) is 9.53 Å². The molecule has 134 valence electrons. The maximum absolute atomic E-state index is 12.0. The van der Waals surface area contributed by atoms with Crippen molar-refractivity contribution >= 4 is 12.0 Å². The summed E-state index contributed by atoms with van der Waals surface area (Å²) in [6.45, 7) is 10.3. The van der Waals surface area contributed by atoms with Crippen molar-refractivity contribution in [2.75, 3.05) is 7.11 Å². The lowest BCUT2D eigenvalue weighted by Gasteiger charge is -2.26. The van der Waals surface area contributed by atoms with Crippen molar-refractivity contribution in [1.82, 2.24) is 10.6 Å². The molecule has 2 N–H and O–H groups in total.